The lowest BCUT2D eigenvalue weighted by Crippen LogP contribution is -2.29. The van der Waals surface area contributed by atoms with Crippen LogP contribution in [-0.4, -0.2) is 28.9 Å². The van der Waals surface area contributed by atoms with Crippen LogP contribution in [0, 0.1) is 0 Å². The van der Waals surface area contributed by atoms with Gasteiger partial charge >= 0.3 is 0 Å². The highest BCUT2D eigenvalue weighted by atomic mass is 32.2. The van der Waals surface area contributed by atoms with Crippen molar-refractivity contribution >= 4 is 16.5 Å². The Kier molecular flexibility index (Phi) is 3.83. The van der Waals surface area contributed by atoms with E-state index < -0.39 is 10.8 Å². The lowest BCUT2D eigenvalue weighted by Gasteiger charge is -2.23. The maximum atomic E-state index is 11.2. The second-order valence-electron chi connectivity index (χ2n) is 4.00. The van der Waals surface area contributed by atoms with Crippen molar-refractivity contribution in [3.63, 3.8) is 0 Å². The van der Waals surface area contributed by atoms with Crippen LogP contribution in [0.1, 0.15) is 12.8 Å². The fraction of sp³-hybridized carbons (Fsp3) is 0.500. The maximum Gasteiger partial charge on any atom is 0.120 e. The molecule has 1 N–H and O–H groups in total. The smallest absolute Gasteiger partial charge is 0.120 e. The first kappa shape index (κ1) is 11.5. The predicted molar refractivity (Wildman–Crippen MR) is 67.5 cm³/mol. The topological polar surface area (TPSA) is 38.3 Å². The average Bonchev–Trinajstić information content (AvgIpc) is 2.32. The van der Waals surface area contributed by atoms with Gasteiger partial charge in [-0.1, -0.05) is 6.07 Å². The molecule has 1 aromatic carbocycles. The molecule has 4 heteroatoms. The van der Waals surface area contributed by atoms with Crippen molar-refractivity contribution in [3.05, 3.63) is 24.3 Å². The van der Waals surface area contributed by atoms with Crippen LogP contribution in [0.5, 0.6) is 5.75 Å². The van der Waals surface area contributed by atoms with Crippen LogP contribution in [0.2, 0.25) is 0 Å². The van der Waals surface area contributed by atoms with Crippen molar-refractivity contribution < 1.29 is 8.95 Å². The van der Waals surface area contributed by atoms with Crippen LogP contribution >= 0.6 is 0 Å². The summed E-state index contributed by atoms with van der Waals surface area (Å²) in [6.45, 7) is 0. The van der Waals surface area contributed by atoms with Gasteiger partial charge in [0.05, 0.1) is 7.11 Å². The molecular formula is C12H17NO2S. The molecule has 0 aliphatic carbocycles. The second kappa shape index (κ2) is 5.34. The quantitative estimate of drug-likeness (QED) is 0.877. The normalized spacial score (nSPS) is 25.1. The Morgan fingerprint density at radius 2 is 2.12 bits per heavy atom. The molecule has 1 heterocycles. The molecule has 88 valence electrons. The van der Waals surface area contributed by atoms with Gasteiger partial charge in [-0.3, -0.25) is 4.21 Å². The summed E-state index contributed by atoms with van der Waals surface area (Å²) in [5.74, 6) is 2.51. The monoisotopic (exact) mass is 239 g/mol. The molecule has 0 aromatic heterocycles. The summed E-state index contributed by atoms with van der Waals surface area (Å²) in [6, 6.07) is 8.38. The summed E-state index contributed by atoms with van der Waals surface area (Å²) in [4.78, 5) is 0. The number of hydrogen-bond donors (Lipinski definition) is 1. The van der Waals surface area contributed by atoms with Crippen LogP contribution in [0.3, 0.4) is 0 Å². The van der Waals surface area contributed by atoms with E-state index in [2.05, 4.69) is 5.32 Å². The van der Waals surface area contributed by atoms with E-state index in [4.69, 9.17) is 4.74 Å². The van der Waals surface area contributed by atoms with E-state index in [1.807, 2.05) is 24.3 Å². The van der Waals surface area contributed by atoms with Gasteiger partial charge in [-0.2, -0.15) is 0 Å². The third kappa shape index (κ3) is 2.98. The van der Waals surface area contributed by atoms with Crippen molar-refractivity contribution in [2.45, 2.75) is 18.9 Å². The summed E-state index contributed by atoms with van der Waals surface area (Å²) in [5.41, 5.74) is 1.08. The van der Waals surface area contributed by atoms with Crippen LogP contribution in [0.15, 0.2) is 24.3 Å². The molecule has 0 spiro atoms. The summed E-state index contributed by atoms with van der Waals surface area (Å²) in [6.07, 6.45) is 1.98. The zero-order valence-electron chi connectivity index (χ0n) is 9.44. The van der Waals surface area contributed by atoms with Gasteiger partial charge in [0.15, 0.2) is 0 Å². The minimum atomic E-state index is -0.590. The molecule has 0 atom stereocenters. The second-order valence-corrected chi connectivity index (χ2v) is 5.69. The first-order chi connectivity index (χ1) is 7.78. The molecule has 1 aliphatic rings. The molecule has 1 aliphatic heterocycles. The van der Waals surface area contributed by atoms with Crippen LogP contribution in [0.4, 0.5) is 5.69 Å². The Balaban J connectivity index is 1.95. The van der Waals surface area contributed by atoms with Crippen molar-refractivity contribution in [1.82, 2.24) is 0 Å². The minimum Gasteiger partial charge on any atom is -0.497 e. The van der Waals surface area contributed by atoms with E-state index in [9.17, 15) is 4.21 Å². The van der Waals surface area contributed by atoms with Crippen LogP contribution in [-0.2, 0) is 10.8 Å². The molecule has 1 fully saturated rings. The summed E-state index contributed by atoms with van der Waals surface area (Å²) in [5, 5.41) is 3.46. The van der Waals surface area contributed by atoms with Gasteiger partial charge in [0, 0.05) is 40.1 Å². The molecule has 3 nitrogen and oxygen atoms in total. The Morgan fingerprint density at radius 1 is 1.38 bits per heavy atom. The van der Waals surface area contributed by atoms with Gasteiger partial charge < -0.3 is 10.1 Å². The summed E-state index contributed by atoms with van der Waals surface area (Å²) < 4.78 is 16.4. The number of hydrogen-bond acceptors (Lipinski definition) is 3. The highest BCUT2D eigenvalue weighted by Crippen LogP contribution is 2.20. The molecule has 0 bridgehead atoms. The SMILES string of the molecule is COc1cccc(NC2CCS(=O)CC2)c1. The van der Waals surface area contributed by atoms with Crippen molar-refractivity contribution in [2.75, 3.05) is 23.9 Å². The molecule has 0 radical (unpaired) electrons. The molecule has 16 heavy (non-hydrogen) atoms. The molecule has 0 amide bonds. The Morgan fingerprint density at radius 3 is 2.81 bits per heavy atom. The zero-order valence-corrected chi connectivity index (χ0v) is 10.3. The first-order valence-corrected chi connectivity index (χ1v) is 7.02. The van der Waals surface area contributed by atoms with E-state index in [-0.39, 0.29) is 0 Å². The van der Waals surface area contributed by atoms with Crippen molar-refractivity contribution in [2.24, 2.45) is 0 Å². The number of methoxy groups -OCH3 is 1. The summed E-state index contributed by atoms with van der Waals surface area (Å²) >= 11 is 0. The largest absolute Gasteiger partial charge is 0.497 e. The Labute approximate surface area is 98.7 Å². The molecule has 0 unspecified atom stereocenters. The molecule has 1 aromatic rings. The minimum absolute atomic E-state index is 0.449. The van der Waals surface area contributed by atoms with E-state index in [0.29, 0.717) is 6.04 Å². The fourth-order valence-corrected chi connectivity index (χ4v) is 3.19. The number of anilines is 1. The maximum absolute atomic E-state index is 11.2. The van der Waals surface area contributed by atoms with Gasteiger partial charge in [-0.25, -0.2) is 0 Å². The fourth-order valence-electron chi connectivity index (χ4n) is 1.89. The van der Waals surface area contributed by atoms with Gasteiger partial charge in [-0.05, 0) is 25.0 Å². The zero-order chi connectivity index (χ0) is 11.4. The average molecular weight is 239 g/mol. The van der Waals surface area contributed by atoms with Gasteiger partial charge in [-0.15, -0.1) is 0 Å². The third-order valence-electron chi connectivity index (χ3n) is 2.83. The number of ether oxygens (including phenoxy) is 1. The lowest BCUT2D eigenvalue weighted by atomic mass is 10.1. The highest BCUT2D eigenvalue weighted by Gasteiger charge is 2.17. The molecule has 0 saturated carbocycles. The third-order valence-corrected chi connectivity index (χ3v) is 4.21. The van der Waals surface area contributed by atoms with Crippen LogP contribution < -0.4 is 10.1 Å². The van der Waals surface area contributed by atoms with Crippen molar-refractivity contribution in [1.29, 1.82) is 0 Å². The Bertz CT molecular complexity index is 371. The molecule has 1 saturated heterocycles. The van der Waals surface area contributed by atoms with E-state index in [1.54, 1.807) is 7.11 Å². The van der Waals surface area contributed by atoms with Gasteiger partial charge in [0.1, 0.15) is 5.75 Å². The van der Waals surface area contributed by atoms with E-state index in [0.717, 1.165) is 35.8 Å². The number of benzene rings is 1. The Hall–Kier alpha value is -1.03. The number of nitrogens with one attached hydrogen (secondary N) is 1. The van der Waals surface area contributed by atoms with E-state index in [1.165, 1.54) is 0 Å². The molecule has 2 rings (SSSR count). The van der Waals surface area contributed by atoms with Gasteiger partial charge in [0.2, 0.25) is 0 Å². The standard InChI is InChI=1S/C12H17NO2S/c1-15-12-4-2-3-11(9-12)13-10-5-7-16(14)8-6-10/h2-4,9-10,13H,5-8H2,1H3. The van der Waals surface area contributed by atoms with Crippen molar-refractivity contribution in [3.8, 4) is 5.75 Å². The van der Waals surface area contributed by atoms with Gasteiger partial charge in [0.25, 0.3) is 0 Å². The highest BCUT2D eigenvalue weighted by molar-refractivity contribution is 7.85. The predicted octanol–water partition coefficient (Wildman–Crippen LogP) is 2.02. The summed E-state index contributed by atoms with van der Waals surface area (Å²) in [7, 11) is 1.08. The van der Waals surface area contributed by atoms with Crippen LogP contribution in [0.25, 0.3) is 0 Å². The first-order valence-electron chi connectivity index (χ1n) is 5.53. The van der Waals surface area contributed by atoms with E-state index >= 15 is 0 Å². The lowest BCUT2D eigenvalue weighted by molar-refractivity contribution is 0.415. The number of rotatable bonds is 3. The molecular weight excluding hydrogens is 222 g/mol.